The van der Waals surface area contributed by atoms with E-state index >= 15 is 0 Å². The Kier molecular flexibility index (Phi) is 4.81. The Morgan fingerprint density at radius 3 is 2.52 bits per heavy atom. The SMILES string of the molecule is CC1([C@H]2CC=C3[C@@H]4CC=C5CC(O)(CC(=O)O)CC[C@]5(C)[C@H]4CC(O)[C@@]32C)OCCO1. The van der Waals surface area contributed by atoms with E-state index in [1.54, 1.807) is 0 Å². The second-order valence-corrected chi connectivity index (χ2v) is 11.3. The summed E-state index contributed by atoms with van der Waals surface area (Å²) in [6.45, 7) is 7.69. The van der Waals surface area contributed by atoms with Crippen molar-refractivity contribution >= 4 is 5.97 Å². The Hall–Kier alpha value is -1.21. The van der Waals surface area contributed by atoms with Crippen molar-refractivity contribution in [1.29, 1.82) is 0 Å². The molecule has 5 aliphatic rings. The highest BCUT2D eigenvalue weighted by molar-refractivity contribution is 5.68. The maximum atomic E-state index is 11.6. The van der Waals surface area contributed by atoms with Crippen molar-refractivity contribution in [3.05, 3.63) is 23.3 Å². The second kappa shape index (κ2) is 6.89. The molecule has 2 saturated carbocycles. The lowest BCUT2D eigenvalue weighted by atomic mass is 9.47. The lowest BCUT2D eigenvalue weighted by Crippen LogP contribution is -2.57. The first-order chi connectivity index (χ1) is 14.5. The molecule has 6 heteroatoms. The Labute approximate surface area is 184 Å². The molecular formula is C25H36O6. The van der Waals surface area contributed by atoms with Crippen LogP contribution in [0.5, 0.6) is 0 Å². The highest BCUT2D eigenvalue weighted by Crippen LogP contribution is 2.66. The van der Waals surface area contributed by atoms with Gasteiger partial charge in [0, 0.05) is 11.3 Å². The molecule has 7 atom stereocenters. The fourth-order valence-corrected chi connectivity index (χ4v) is 7.97. The summed E-state index contributed by atoms with van der Waals surface area (Å²) in [7, 11) is 0. The Morgan fingerprint density at radius 2 is 1.84 bits per heavy atom. The van der Waals surface area contributed by atoms with Crippen molar-refractivity contribution in [3.8, 4) is 0 Å². The fraction of sp³-hybridized carbons (Fsp3) is 0.800. The number of allylic oxidation sites excluding steroid dienone is 2. The molecule has 0 amide bonds. The Morgan fingerprint density at radius 1 is 1.13 bits per heavy atom. The van der Waals surface area contributed by atoms with E-state index in [0.29, 0.717) is 37.9 Å². The molecule has 1 saturated heterocycles. The molecule has 1 heterocycles. The van der Waals surface area contributed by atoms with Gasteiger partial charge < -0.3 is 24.8 Å². The van der Waals surface area contributed by atoms with Gasteiger partial charge in [-0.15, -0.1) is 0 Å². The highest BCUT2D eigenvalue weighted by Gasteiger charge is 2.63. The summed E-state index contributed by atoms with van der Waals surface area (Å²) >= 11 is 0. The van der Waals surface area contributed by atoms with Crippen LogP contribution in [0.1, 0.15) is 65.7 Å². The first kappa shape index (κ1) is 21.6. The van der Waals surface area contributed by atoms with Gasteiger partial charge in [0.05, 0.1) is 31.3 Å². The monoisotopic (exact) mass is 432 g/mol. The van der Waals surface area contributed by atoms with E-state index in [9.17, 15) is 20.1 Å². The molecule has 0 aromatic carbocycles. The minimum Gasteiger partial charge on any atom is -0.481 e. The molecule has 172 valence electrons. The minimum atomic E-state index is -1.16. The summed E-state index contributed by atoms with van der Waals surface area (Å²) in [5.74, 6) is -0.843. The molecule has 2 unspecified atom stereocenters. The van der Waals surface area contributed by atoms with Crippen molar-refractivity contribution in [2.24, 2.45) is 28.6 Å². The molecule has 5 rings (SSSR count). The van der Waals surface area contributed by atoms with Crippen LogP contribution < -0.4 is 0 Å². The Balaban J connectivity index is 1.46. The maximum absolute atomic E-state index is 11.6. The van der Waals surface area contributed by atoms with Crippen LogP contribution in [0.15, 0.2) is 23.3 Å². The number of aliphatic hydroxyl groups excluding tert-OH is 1. The van der Waals surface area contributed by atoms with E-state index in [0.717, 1.165) is 25.7 Å². The standard InChI is InChI=1S/C25H36O6/c1-22-8-9-25(29,14-21(27)28)13-15(22)4-5-16-17-6-7-19(24(3)30-10-11-31-24)23(17,2)20(26)12-18(16)22/h4,6,16,18-20,26,29H,5,7-14H2,1-3H3,(H,27,28)/t16-,18-,19-,20?,22-,23-,25?/m0/s1. The number of hydrogen-bond acceptors (Lipinski definition) is 5. The van der Waals surface area contributed by atoms with Gasteiger partial charge in [0.15, 0.2) is 5.79 Å². The number of carbonyl (C=O) groups is 1. The van der Waals surface area contributed by atoms with Gasteiger partial charge in [0.1, 0.15) is 0 Å². The van der Waals surface area contributed by atoms with Gasteiger partial charge in [-0.1, -0.05) is 37.1 Å². The third kappa shape index (κ3) is 3.01. The van der Waals surface area contributed by atoms with Crippen molar-refractivity contribution in [1.82, 2.24) is 0 Å². The second-order valence-electron chi connectivity index (χ2n) is 11.3. The quantitative estimate of drug-likeness (QED) is 0.592. The van der Waals surface area contributed by atoms with Crippen molar-refractivity contribution < 1.29 is 29.6 Å². The smallest absolute Gasteiger partial charge is 0.306 e. The first-order valence-electron chi connectivity index (χ1n) is 11.8. The van der Waals surface area contributed by atoms with Crippen molar-refractivity contribution in [2.75, 3.05) is 13.2 Å². The maximum Gasteiger partial charge on any atom is 0.306 e. The first-order valence-corrected chi connectivity index (χ1v) is 11.8. The van der Waals surface area contributed by atoms with Gasteiger partial charge >= 0.3 is 5.97 Å². The van der Waals surface area contributed by atoms with Crippen molar-refractivity contribution in [3.63, 3.8) is 0 Å². The average Bonchev–Trinajstić information content (AvgIpc) is 3.28. The van der Waals surface area contributed by atoms with Crippen LogP contribution in [-0.4, -0.2) is 52.0 Å². The molecule has 0 bridgehead atoms. The lowest BCUT2D eigenvalue weighted by Gasteiger charge is -2.59. The fourth-order valence-electron chi connectivity index (χ4n) is 7.97. The third-order valence-corrected chi connectivity index (χ3v) is 9.75. The molecule has 6 nitrogen and oxygen atoms in total. The largest absolute Gasteiger partial charge is 0.481 e. The van der Waals surface area contributed by atoms with E-state index in [1.165, 1.54) is 11.1 Å². The van der Waals surface area contributed by atoms with Crippen LogP contribution >= 0.6 is 0 Å². The summed E-state index contributed by atoms with van der Waals surface area (Å²) in [5, 5.41) is 31.7. The summed E-state index contributed by atoms with van der Waals surface area (Å²) in [4.78, 5) is 11.3. The van der Waals surface area contributed by atoms with E-state index in [2.05, 4.69) is 26.0 Å². The van der Waals surface area contributed by atoms with Crippen LogP contribution in [0.2, 0.25) is 0 Å². The number of carboxylic acids is 1. The van der Waals surface area contributed by atoms with Gasteiger partial charge in [0.25, 0.3) is 0 Å². The normalized spacial score (nSPS) is 48.3. The molecule has 0 spiro atoms. The third-order valence-electron chi connectivity index (χ3n) is 9.75. The number of aliphatic hydroxyl groups is 2. The highest BCUT2D eigenvalue weighted by atomic mass is 16.7. The topological polar surface area (TPSA) is 96.2 Å². The molecule has 31 heavy (non-hydrogen) atoms. The Bertz CT molecular complexity index is 841. The zero-order valence-corrected chi connectivity index (χ0v) is 18.9. The molecule has 0 aromatic rings. The van der Waals surface area contributed by atoms with Gasteiger partial charge in [0.2, 0.25) is 0 Å². The number of rotatable bonds is 3. The zero-order valence-electron chi connectivity index (χ0n) is 18.9. The summed E-state index contributed by atoms with van der Waals surface area (Å²) < 4.78 is 12.1. The summed E-state index contributed by atoms with van der Waals surface area (Å²) in [5.41, 5.74) is 0.906. The van der Waals surface area contributed by atoms with Crippen LogP contribution in [0.4, 0.5) is 0 Å². The van der Waals surface area contributed by atoms with Crippen LogP contribution in [-0.2, 0) is 14.3 Å². The predicted octanol–water partition coefficient (Wildman–Crippen LogP) is 3.43. The van der Waals surface area contributed by atoms with Crippen molar-refractivity contribution in [2.45, 2.75) is 83.2 Å². The molecule has 3 N–H and O–H groups in total. The molecule has 3 fully saturated rings. The zero-order chi connectivity index (χ0) is 22.2. The number of ether oxygens (including phenoxy) is 2. The molecule has 0 radical (unpaired) electrons. The van der Waals surface area contributed by atoms with Gasteiger partial charge in [-0.2, -0.15) is 0 Å². The van der Waals surface area contributed by atoms with E-state index in [-0.39, 0.29) is 23.2 Å². The predicted molar refractivity (Wildman–Crippen MR) is 114 cm³/mol. The van der Waals surface area contributed by atoms with Crippen LogP contribution in [0.25, 0.3) is 0 Å². The van der Waals surface area contributed by atoms with E-state index < -0.39 is 23.5 Å². The van der Waals surface area contributed by atoms with Crippen LogP contribution in [0.3, 0.4) is 0 Å². The molecular weight excluding hydrogens is 396 g/mol. The van der Waals surface area contributed by atoms with Gasteiger partial charge in [-0.25, -0.2) is 0 Å². The lowest BCUT2D eigenvalue weighted by molar-refractivity contribution is -0.218. The van der Waals surface area contributed by atoms with Gasteiger partial charge in [-0.3, -0.25) is 4.79 Å². The van der Waals surface area contributed by atoms with E-state index in [1.807, 2.05) is 6.92 Å². The number of hydrogen-bond donors (Lipinski definition) is 3. The summed E-state index contributed by atoms with van der Waals surface area (Å²) in [6, 6.07) is 0. The van der Waals surface area contributed by atoms with Gasteiger partial charge in [-0.05, 0) is 62.7 Å². The molecule has 4 aliphatic carbocycles. The number of carboxylic acid groups (broad SMARTS) is 1. The summed E-state index contributed by atoms with van der Waals surface area (Å²) in [6.07, 6.45) is 8.06. The minimum absolute atomic E-state index is 0.0960. The number of fused-ring (bicyclic) bond motifs is 5. The van der Waals surface area contributed by atoms with Crippen LogP contribution in [0, 0.1) is 28.6 Å². The number of aliphatic carboxylic acids is 1. The van der Waals surface area contributed by atoms with E-state index in [4.69, 9.17) is 9.47 Å². The molecule has 0 aromatic heterocycles. The molecule has 1 aliphatic heterocycles. The average molecular weight is 433 g/mol.